The largest absolute Gasteiger partial charge is 0.493 e. The lowest BCUT2D eigenvalue weighted by atomic mass is 10.0. The van der Waals surface area contributed by atoms with Gasteiger partial charge in [-0.25, -0.2) is 0 Å². The van der Waals surface area contributed by atoms with Crippen molar-refractivity contribution in [3.63, 3.8) is 0 Å². The smallest absolute Gasteiger partial charge is 0.128 e. The first-order valence-corrected chi connectivity index (χ1v) is 8.86. The molecule has 128 valence electrons. The van der Waals surface area contributed by atoms with E-state index in [1.54, 1.807) is 0 Å². The molecule has 3 heteroatoms. The number of hydrogen-bond acceptors (Lipinski definition) is 3. The standard InChI is InChI=1S/C21H27NO2/c1-2-3-4-5-6-12-17-24-20-16-11-10-15-19(20)21(22-23)18-13-8-7-9-14-18/h7-11,13-16,23H,2-6,12,17H2,1H3. The van der Waals surface area contributed by atoms with E-state index in [2.05, 4.69) is 12.1 Å². The van der Waals surface area contributed by atoms with Crippen LogP contribution >= 0.6 is 0 Å². The summed E-state index contributed by atoms with van der Waals surface area (Å²) in [6, 6.07) is 17.4. The van der Waals surface area contributed by atoms with Crippen LogP contribution < -0.4 is 4.74 Å². The molecule has 0 aromatic heterocycles. The minimum Gasteiger partial charge on any atom is -0.493 e. The number of hydrogen-bond donors (Lipinski definition) is 1. The second kappa shape index (κ2) is 10.5. The molecule has 0 fully saturated rings. The van der Waals surface area contributed by atoms with Gasteiger partial charge in [-0.1, -0.05) is 86.6 Å². The quantitative estimate of drug-likeness (QED) is 0.265. The van der Waals surface area contributed by atoms with E-state index < -0.39 is 0 Å². The summed E-state index contributed by atoms with van der Waals surface area (Å²) in [7, 11) is 0. The molecule has 0 aliphatic rings. The number of nitrogens with zero attached hydrogens (tertiary/aromatic N) is 1. The molecule has 24 heavy (non-hydrogen) atoms. The van der Waals surface area contributed by atoms with Crippen LogP contribution in [0.15, 0.2) is 59.8 Å². The Morgan fingerprint density at radius 3 is 2.29 bits per heavy atom. The van der Waals surface area contributed by atoms with Crippen LogP contribution in [-0.2, 0) is 0 Å². The summed E-state index contributed by atoms with van der Waals surface area (Å²) in [5.74, 6) is 0.766. The highest BCUT2D eigenvalue weighted by molar-refractivity contribution is 6.14. The van der Waals surface area contributed by atoms with Crippen LogP contribution in [0.1, 0.15) is 56.6 Å². The Bertz CT molecular complexity index is 623. The zero-order valence-corrected chi connectivity index (χ0v) is 14.4. The monoisotopic (exact) mass is 325 g/mol. The summed E-state index contributed by atoms with van der Waals surface area (Å²) in [5.41, 5.74) is 2.22. The molecule has 0 spiro atoms. The molecule has 0 aliphatic carbocycles. The van der Waals surface area contributed by atoms with Crippen molar-refractivity contribution in [1.29, 1.82) is 0 Å². The van der Waals surface area contributed by atoms with Gasteiger partial charge in [0.2, 0.25) is 0 Å². The predicted octanol–water partition coefficient (Wildman–Crippen LogP) is 5.65. The molecule has 1 N–H and O–H groups in total. The predicted molar refractivity (Wildman–Crippen MR) is 99.2 cm³/mol. The Morgan fingerprint density at radius 2 is 1.54 bits per heavy atom. The first kappa shape index (κ1) is 18.1. The summed E-state index contributed by atoms with van der Waals surface area (Å²) < 4.78 is 5.96. The molecule has 0 saturated heterocycles. The van der Waals surface area contributed by atoms with Gasteiger partial charge in [-0.15, -0.1) is 0 Å². The Kier molecular flexibility index (Phi) is 7.88. The maximum absolute atomic E-state index is 9.48. The van der Waals surface area contributed by atoms with Gasteiger partial charge < -0.3 is 9.94 Å². The number of ether oxygens (including phenoxy) is 1. The van der Waals surface area contributed by atoms with Gasteiger partial charge in [-0.2, -0.15) is 0 Å². The highest BCUT2D eigenvalue weighted by atomic mass is 16.5. The second-order valence-corrected chi connectivity index (χ2v) is 5.93. The SMILES string of the molecule is CCCCCCCCOc1ccccc1C(=NO)c1ccccc1. The number of rotatable bonds is 10. The highest BCUT2D eigenvalue weighted by Gasteiger charge is 2.12. The van der Waals surface area contributed by atoms with Crippen molar-refractivity contribution in [2.75, 3.05) is 6.61 Å². The lowest BCUT2D eigenvalue weighted by molar-refractivity contribution is 0.302. The topological polar surface area (TPSA) is 41.8 Å². The number of oxime groups is 1. The Morgan fingerprint density at radius 1 is 0.875 bits per heavy atom. The summed E-state index contributed by atoms with van der Waals surface area (Å²) in [6.07, 6.45) is 7.41. The fourth-order valence-corrected chi connectivity index (χ4v) is 2.72. The maximum atomic E-state index is 9.48. The van der Waals surface area contributed by atoms with E-state index in [-0.39, 0.29) is 0 Å². The molecule has 2 aromatic carbocycles. The zero-order valence-electron chi connectivity index (χ0n) is 14.4. The molecule has 0 aliphatic heterocycles. The van der Waals surface area contributed by atoms with Gasteiger partial charge in [0.15, 0.2) is 0 Å². The van der Waals surface area contributed by atoms with Gasteiger partial charge in [0.25, 0.3) is 0 Å². The van der Waals surface area contributed by atoms with Crippen LogP contribution in [0.4, 0.5) is 0 Å². The summed E-state index contributed by atoms with van der Waals surface area (Å²) in [6.45, 7) is 2.92. The van der Waals surface area contributed by atoms with E-state index in [0.29, 0.717) is 12.3 Å². The molecular weight excluding hydrogens is 298 g/mol. The van der Waals surface area contributed by atoms with Crippen LogP contribution in [0.2, 0.25) is 0 Å². The molecule has 0 heterocycles. The fraction of sp³-hybridized carbons (Fsp3) is 0.381. The lowest BCUT2D eigenvalue weighted by Gasteiger charge is -2.12. The van der Waals surface area contributed by atoms with E-state index >= 15 is 0 Å². The van der Waals surface area contributed by atoms with Crippen molar-refractivity contribution in [1.82, 2.24) is 0 Å². The number of para-hydroxylation sites is 1. The summed E-state index contributed by atoms with van der Waals surface area (Å²) in [5, 5.41) is 13.0. The molecule has 0 saturated carbocycles. The van der Waals surface area contributed by atoms with Crippen molar-refractivity contribution in [2.45, 2.75) is 45.4 Å². The lowest BCUT2D eigenvalue weighted by Crippen LogP contribution is -2.07. The van der Waals surface area contributed by atoms with Crippen molar-refractivity contribution in [3.8, 4) is 5.75 Å². The normalized spacial score (nSPS) is 11.5. The molecule has 0 amide bonds. The van der Waals surface area contributed by atoms with E-state index in [1.807, 2.05) is 54.6 Å². The molecule has 3 nitrogen and oxygen atoms in total. The summed E-state index contributed by atoms with van der Waals surface area (Å²) >= 11 is 0. The second-order valence-electron chi connectivity index (χ2n) is 5.93. The maximum Gasteiger partial charge on any atom is 0.128 e. The van der Waals surface area contributed by atoms with Crippen LogP contribution in [-0.4, -0.2) is 17.5 Å². The molecule has 2 rings (SSSR count). The zero-order chi connectivity index (χ0) is 17.0. The van der Waals surface area contributed by atoms with E-state index in [1.165, 1.54) is 32.1 Å². The average molecular weight is 325 g/mol. The Labute approximate surface area is 145 Å². The van der Waals surface area contributed by atoms with Crippen LogP contribution in [0.3, 0.4) is 0 Å². The van der Waals surface area contributed by atoms with Crippen molar-refractivity contribution >= 4 is 5.71 Å². The Balaban J connectivity index is 1.97. The van der Waals surface area contributed by atoms with Crippen LogP contribution in [0, 0.1) is 0 Å². The van der Waals surface area contributed by atoms with Crippen molar-refractivity contribution in [3.05, 3.63) is 65.7 Å². The molecule has 0 radical (unpaired) electrons. The van der Waals surface area contributed by atoms with Crippen LogP contribution in [0.25, 0.3) is 0 Å². The summed E-state index contributed by atoms with van der Waals surface area (Å²) in [4.78, 5) is 0. The van der Waals surface area contributed by atoms with Gasteiger partial charge >= 0.3 is 0 Å². The van der Waals surface area contributed by atoms with Gasteiger partial charge in [0.05, 0.1) is 6.61 Å². The fourth-order valence-electron chi connectivity index (χ4n) is 2.72. The van der Waals surface area contributed by atoms with Gasteiger partial charge in [0.1, 0.15) is 11.5 Å². The van der Waals surface area contributed by atoms with Crippen molar-refractivity contribution in [2.24, 2.45) is 5.16 Å². The molecule has 2 aromatic rings. The van der Waals surface area contributed by atoms with E-state index in [4.69, 9.17) is 4.74 Å². The van der Waals surface area contributed by atoms with Gasteiger partial charge in [-0.05, 0) is 18.6 Å². The molecule has 0 atom stereocenters. The average Bonchev–Trinajstić information content (AvgIpc) is 2.64. The first-order chi connectivity index (χ1) is 11.9. The van der Waals surface area contributed by atoms with Gasteiger partial charge in [0, 0.05) is 11.1 Å². The van der Waals surface area contributed by atoms with Gasteiger partial charge in [-0.3, -0.25) is 0 Å². The van der Waals surface area contributed by atoms with E-state index in [0.717, 1.165) is 23.3 Å². The third-order valence-electron chi connectivity index (χ3n) is 4.04. The molecular formula is C21H27NO2. The Hall–Kier alpha value is -2.29. The molecule has 0 unspecified atom stereocenters. The third-order valence-corrected chi connectivity index (χ3v) is 4.04. The molecule has 0 bridgehead atoms. The minimum atomic E-state index is 0.536. The minimum absolute atomic E-state index is 0.536. The number of benzene rings is 2. The van der Waals surface area contributed by atoms with E-state index in [9.17, 15) is 5.21 Å². The van der Waals surface area contributed by atoms with Crippen molar-refractivity contribution < 1.29 is 9.94 Å². The first-order valence-electron chi connectivity index (χ1n) is 8.86. The highest BCUT2D eigenvalue weighted by Crippen LogP contribution is 2.22. The van der Waals surface area contributed by atoms with Crippen LogP contribution in [0.5, 0.6) is 5.75 Å². The third kappa shape index (κ3) is 5.41. The number of unbranched alkanes of at least 4 members (excludes halogenated alkanes) is 5.